The molecule has 0 radical (unpaired) electrons. The van der Waals surface area contributed by atoms with E-state index in [1.54, 1.807) is 43.3 Å². The van der Waals surface area contributed by atoms with E-state index in [1.807, 2.05) is 11.1 Å². The van der Waals surface area contributed by atoms with Crippen LogP contribution in [0.5, 0.6) is 11.5 Å². The van der Waals surface area contributed by atoms with Crippen LogP contribution in [0, 0.1) is 0 Å². The third-order valence-corrected chi connectivity index (χ3v) is 3.90. The van der Waals surface area contributed by atoms with Crippen LogP contribution >= 0.6 is 0 Å². The first-order valence-electron chi connectivity index (χ1n) is 7.10. The fourth-order valence-electron chi connectivity index (χ4n) is 2.70. The van der Waals surface area contributed by atoms with Crippen LogP contribution < -0.4 is 9.47 Å². The van der Waals surface area contributed by atoms with Crippen LogP contribution in [0.15, 0.2) is 30.6 Å². The maximum atomic E-state index is 12.7. The number of hydrogen-bond acceptors (Lipinski definition) is 5. The maximum Gasteiger partial charge on any atom is 0.257 e. The van der Waals surface area contributed by atoms with Gasteiger partial charge < -0.3 is 14.4 Å². The summed E-state index contributed by atoms with van der Waals surface area (Å²) in [5.41, 5.74) is 0.544. The van der Waals surface area contributed by atoms with Crippen molar-refractivity contribution < 1.29 is 14.3 Å². The second-order valence-corrected chi connectivity index (χ2v) is 5.14. The van der Waals surface area contributed by atoms with Crippen molar-refractivity contribution in [2.75, 3.05) is 27.3 Å². The van der Waals surface area contributed by atoms with Gasteiger partial charge in [0.1, 0.15) is 11.5 Å². The Morgan fingerprint density at radius 2 is 2.18 bits per heavy atom. The van der Waals surface area contributed by atoms with Gasteiger partial charge in [0.2, 0.25) is 0 Å². The zero-order valence-corrected chi connectivity index (χ0v) is 12.6. The number of hydrogen-bond donors (Lipinski definition) is 0. The summed E-state index contributed by atoms with van der Waals surface area (Å²) in [5.74, 6) is 1.14. The Kier molecular flexibility index (Phi) is 3.95. The highest BCUT2D eigenvalue weighted by Crippen LogP contribution is 2.28. The minimum atomic E-state index is -0.0397. The van der Waals surface area contributed by atoms with Gasteiger partial charge >= 0.3 is 0 Å². The number of rotatable bonds is 4. The first-order chi connectivity index (χ1) is 10.7. The topological polar surface area (TPSA) is 69.5 Å². The van der Waals surface area contributed by atoms with E-state index in [2.05, 4.69) is 10.3 Å². The van der Waals surface area contributed by atoms with Crippen LogP contribution in [0.3, 0.4) is 0 Å². The lowest BCUT2D eigenvalue weighted by Crippen LogP contribution is -2.29. The standard InChI is InChI=1S/C15H18N4O3/c1-21-12-3-4-13(14(9-12)22-2)15(20)18-7-5-11(10-18)19-8-6-16-17-19/h3-4,6,8-9,11H,5,7,10H2,1-2H3. The van der Waals surface area contributed by atoms with Crippen molar-refractivity contribution in [2.24, 2.45) is 0 Å². The second-order valence-electron chi connectivity index (χ2n) is 5.14. The molecule has 1 aromatic heterocycles. The molecule has 0 saturated carbocycles. The second kappa shape index (κ2) is 6.05. The molecule has 7 heteroatoms. The molecular weight excluding hydrogens is 284 g/mol. The van der Waals surface area contributed by atoms with Crippen LogP contribution in [0.4, 0.5) is 0 Å². The van der Waals surface area contributed by atoms with E-state index in [4.69, 9.17) is 9.47 Å². The fraction of sp³-hybridized carbons (Fsp3) is 0.400. The molecule has 0 bridgehead atoms. The molecule has 1 fully saturated rings. The first kappa shape index (κ1) is 14.4. The summed E-state index contributed by atoms with van der Waals surface area (Å²) in [4.78, 5) is 14.5. The lowest BCUT2D eigenvalue weighted by atomic mass is 10.1. The third kappa shape index (κ3) is 2.61. The van der Waals surface area contributed by atoms with Crippen LogP contribution in [0.2, 0.25) is 0 Å². The molecular formula is C15H18N4O3. The number of likely N-dealkylation sites (tertiary alicyclic amines) is 1. The lowest BCUT2D eigenvalue weighted by molar-refractivity contribution is 0.0783. The Bertz CT molecular complexity index is 657. The summed E-state index contributed by atoms with van der Waals surface area (Å²) in [7, 11) is 3.13. The highest BCUT2D eigenvalue weighted by atomic mass is 16.5. The van der Waals surface area contributed by atoms with E-state index < -0.39 is 0 Å². The molecule has 0 spiro atoms. The highest BCUT2D eigenvalue weighted by Gasteiger charge is 2.29. The minimum Gasteiger partial charge on any atom is -0.497 e. The Morgan fingerprint density at radius 3 is 2.86 bits per heavy atom. The number of benzene rings is 1. The predicted molar refractivity (Wildman–Crippen MR) is 79.1 cm³/mol. The normalized spacial score (nSPS) is 17.5. The van der Waals surface area contributed by atoms with Gasteiger partial charge in [-0.3, -0.25) is 4.79 Å². The molecule has 2 aromatic rings. The maximum absolute atomic E-state index is 12.7. The van der Waals surface area contributed by atoms with E-state index in [0.29, 0.717) is 30.2 Å². The number of amides is 1. The molecule has 1 aliphatic rings. The Morgan fingerprint density at radius 1 is 1.32 bits per heavy atom. The van der Waals surface area contributed by atoms with E-state index in [1.165, 1.54) is 0 Å². The summed E-state index contributed by atoms with van der Waals surface area (Å²) in [5, 5.41) is 7.83. The monoisotopic (exact) mass is 302 g/mol. The van der Waals surface area contributed by atoms with Crippen LogP contribution in [0.1, 0.15) is 22.8 Å². The number of methoxy groups -OCH3 is 2. The molecule has 0 aliphatic carbocycles. The molecule has 1 aromatic carbocycles. The van der Waals surface area contributed by atoms with Gasteiger partial charge in [0.15, 0.2) is 0 Å². The average molecular weight is 302 g/mol. The average Bonchev–Trinajstić information content (AvgIpc) is 3.24. The largest absolute Gasteiger partial charge is 0.497 e. The number of nitrogens with zero attached hydrogens (tertiary/aromatic N) is 4. The van der Waals surface area contributed by atoms with Crippen molar-refractivity contribution in [1.29, 1.82) is 0 Å². The van der Waals surface area contributed by atoms with Gasteiger partial charge in [0.05, 0.1) is 32.0 Å². The minimum absolute atomic E-state index is 0.0397. The molecule has 1 aliphatic heterocycles. The van der Waals surface area contributed by atoms with E-state index in [-0.39, 0.29) is 11.9 Å². The highest BCUT2D eigenvalue weighted by molar-refractivity contribution is 5.97. The fourth-order valence-corrected chi connectivity index (χ4v) is 2.70. The van der Waals surface area contributed by atoms with Gasteiger partial charge in [-0.1, -0.05) is 5.21 Å². The summed E-state index contributed by atoms with van der Waals surface area (Å²) < 4.78 is 12.3. The van der Waals surface area contributed by atoms with Crippen molar-refractivity contribution in [3.05, 3.63) is 36.2 Å². The first-order valence-corrected chi connectivity index (χ1v) is 7.10. The summed E-state index contributed by atoms with van der Waals surface area (Å²) in [6.45, 7) is 1.32. The van der Waals surface area contributed by atoms with Crippen LogP contribution in [0.25, 0.3) is 0 Å². The van der Waals surface area contributed by atoms with Gasteiger partial charge in [0.25, 0.3) is 5.91 Å². The third-order valence-electron chi connectivity index (χ3n) is 3.90. The molecule has 3 rings (SSSR count). The lowest BCUT2D eigenvalue weighted by Gasteiger charge is -2.18. The van der Waals surface area contributed by atoms with E-state index in [9.17, 15) is 4.79 Å². The van der Waals surface area contributed by atoms with Crippen molar-refractivity contribution in [2.45, 2.75) is 12.5 Å². The number of aromatic nitrogens is 3. The molecule has 2 heterocycles. The molecule has 7 nitrogen and oxygen atoms in total. The smallest absolute Gasteiger partial charge is 0.257 e. The summed E-state index contributed by atoms with van der Waals surface area (Å²) >= 11 is 0. The molecule has 0 N–H and O–H groups in total. The number of carbonyl (C=O) groups is 1. The van der Waals surface area contributed by atoms with Crippen molar-refractivity contribution in [3.63, 3.8) is 0 Å². The Labute approximate surface area is 128 Å². The summed E-state index contributed by atoms with van der Waals surface area (Å²) in [6.07, 6.45) is 4.34. The number of carbonyl (C=O) groups excluding carboxylic acids is 1. The van der Waals surface area contributed by atoms with Crippen molar-refractivity contribution in [3.8, 4) is 11.5 Å². The van der Waals surface area contributed by atoms with Crippen LogP contribution in [-0.4, -0.2) is 53.1 Å². The summed E-state index contributed by atoms with van der Waals surface area (Å²) in [6, 6.07) is 5.40. The van der Waals surface area contributed by atoms with Crippen molar-refractivity contribution in [1.82, 2.24) is 19.9 Å². The Balaban J connectivity index is 1.77. The zero-order valence-electron chi connectivity index (χ0n) is 12.6. The Hall–Kier alpha value is -2.57. The van der Waals surface area contributed by atoms with E-state index in [0.717, 1.165) is 6.42 Å². The van der Waals surface area contributed by atoms with Gasteiger partial charge in [-0.15, -0.1) is 5.10 Å². The zero-order chi connectivity index (χ0) is 15.5. The van der Waals surface area contributed by atoms with Crippen LogP contribution in [-0.2, 0) is 0 Å². The van der Waals surface area contributed by atoms with Gasteiger partial charge in [-0.05, 0) is 18.6 Å². The van der Waals surface area contributed by atoms with E-state index >= 15 is 0 Å². The van der Waals surface area contributed by atoms with Gasteiger partial charge in [-0.2, -0.15) is 0 Å². The van der Waals surface area contributed by atoms with Gasteiger partial charge in [-0.25, -0.2) is 4.68 Å². The number of ether oxygens (including phenoxy) is 2. The molecule has 1 amide bonds. The quantitative estimate of drug-likeness (QED) is 0.853. The molecule has 22 heavy (non-hydrogen) atoms. The van der Waals surface area contributed by atoms with Gasteiger partial charge in [0, 0.05) is 25.4 Å². The molecule has 1 atom stereocenters. The molecule has 1 saturated heterocycles. The SMILES string of the molecule is COc1ccc(C(=O)N2CCC(n3ccnn3)C2)c(OC)c1. The molecule has 116 valence electrons. The molecule has 1 unspecified atom stereocenters. The van der Waals surface area contributed by atoms with Crippen molar-refractivity contribution >= 4 is 5.91 Å². The predicted octanol–water partition coefficient (Wildman–Crippen LogP) is 1.38.